The maximum absolute atomic E-state index is 12.7. The summed E-state index contributed by atoms with van der Waals surface area (Å²) in [6.07, 6.45) is 0.915. The second-order valence-electron chi connectivity index (χ2n) is 6.47. The van der Waals surface area contributed by atoms with E-state index in [0.717, 1.165) is 12.2 Å². The van der Waals surface area contributed by atoms with Gasteiger partial charge in [0, 0.05) is 27.3 Å². The summed E-state index contributed by atoms with van der Waals surface area (Å²) in [5.74, 6) is 0.841. The molecule has 1 aliphatic heterocycles. The summed E-state index contributed by atoms with van der Waals surface area (Å²) in [4.78, 5) is 26.4. The van der Waals surface area contributed by atoms with Gasteiger partial charge >= 0.3 is 0 Å². The molecule has 0 radical (unpaired) electrons. The fourth-order valence-corrected chi connectivity index (χ4v) is 4.39. The number of thioether (sulfide) groups is 1. The zero-order valence-corrected chi connectivity index (χ0v) is 15.5. The van der Waals surface area contributed by atoms with Crippen LogP contribution in [-0.2, 0) is 0 Å². The number of fused-ring (bicyclic) bond motifs is 1. The lowest BCUT2D eigenvalue weighted by Crippen LogP contribution is -2.30. The fraction of sp³-hybridized carbons (Fsp3) is 0.130. The number of carbonyl (C=O) groups is 2. The Bertz CT molecular complexity index is 967. The summed E-state index contributed by atoms with van der Waals surface area (Å²) in [6, 6.07) is 24.3. The summed E-state index contributed by atoms with van der Waals surface area (Å²) in [5.41, 5.74) is 2.97. The Morgan fingerprint density at radius 2 is 1.41 bits per heavy atom. The summed E-state index contributed by atoms with van der Waals surface area (Å²) in [7, 11) is 0. The number of ketones is 1. The minimum Gasteiger partial charge on any atom is -0.345 e. The number of nitrogens with one attached hydrogen (secondary N) is 1. The molecule has 0 saturated carbocycles. The van der Waals surface area contributed by atoms with Gasteiger partial charge in [-0.15, -0.1) is 11.8 Å². The second-order valence-corrected chi connectivity index (χ2v) is 7.61. The van der Waals surface area contributed by atoms with Gasteiger partial charge in [0.15, 0.2) is 5.78 Å². The molecule has 3 aromatic carbocycles. The highest BCUT2D eigenvalue weighted by atomic mass is 32.2. The molecule has 134 valence electrons. The van der Waals surface area contributed by atoms with Crippen LogP contribution < -0.4 is 5.32 Å². The lowest BCUT2D eigenvalue weighted by Gasteiger charge is -2.25. The first kappa shape index (κ1) is 17.6. The SMILES string of the molecule is O=C(NC1CCSc2ccccc21)c1ccc(C(=O)c2ccccc2)cc1. The molecule has 4 rings (SSSR count). The molecule has 0 bridgehead atoms. The van der Waals surface area contributed by atoms with Crippen LogP contribution in [0, 0.1) is 0 Å². The van der Waals surface area contributed by atoms with Gasteiger partial charge in [0.1, 0.15) is 0 Å². The highest BCUT2D eigenvalue weighted by Crippen LogP contribution is 2.35. The molecule has 0 aromatic heterocycles. The third-order valence-electron chi connectivity index (χ3n) is 4.71. The Hall–Kier alpha value is -2.85. The number of hydrogen-bond donors (Lipinski definition) is 1. The van der Waals surface area contributed by atoms with E-state index in [1.54, 1.807) is 36.4 Å². The quantitative estimate of drug-likeness (QED) is 0.663. The van der Waals surface area contributed by atoms with Crippen LogP contribution in [0.1, 0.15) is 44.3 Å². The summed E-state index contributed by atoms with van der Waals surface area (Å²) >= 11 is 1.83. The topological polar surface area (TPSA) is 46.2 Å². The Morgan fingerprint density at radius 1 is 0.778 bits per heavy atom. The van der Waals surface area contributed by atoms with Gasteiger partial charge in [-0.1, -0.05) is 60.7 Å². The molecular weight excluding hydrogens is 354 g/mol. The minimum absolute atomic E-state index is 0.0283. The minimum atomic E-state index is -0.111. The van der Waals surface area contributed by atoms with Gasteiger partial charge < -0.3 is 5.32 Å². The Balaban J connectivity index is 1.48. The van der Waals surface area contributed by atoms with Crippen molar-refractivity contribution in [2.45, 2.75) is 17.4 Å². The molecule has 0 saturated heterocycles. The van der Waals surface area contributed by atoms with Gasteiger partial charge in [-0.05, 0) is 30.2 Å². The molecular formula is C23H19NO2S. The van der Waals surface area contributed by atoms with Crippen LogP contribution in [0.2, 0.25) is 0 Å². The van der Waals surface area contributed by atoms with Gasteiger partial charge in [0.05, 0.1) is 6.04 Å². The molecule has 1 heterocycles. The molecule has 0 spiro atoms. The maximum atomic E-state index is 12.7. The van der Waals surface area contributed by atoms with Gasteiger partial charge in [-0.25, -0.2) is 0 Å². The number of benzene rings is 3. The molecule has 0 aliphatic carbocycles. The largest absolute Gasteiger partial charge is 0.345 e. The first-order valence-corrected chi connectivity index (χ1v) is 9.93. The summed E-state index contributed by atoms with van der Waals surface area (Å²) in [6.45, 7) is 0. The lowest BCUT2D eigenvalue weighted by atomic mass is 10.0. The Labute approximate surface area is 162 Å². The van der Waals surface area contributed by atoms with Gasteiger partial charge in [0.25, 0.3) is 5.91 Å². The van der Waals surface area contributed by atoms with E-state index in [2.05, 4.69) is 17.4 Å². The molecule has 1 amide bonds. The molecule has 1 N–H and O–H groups in total. The number of carbonyl (C=O) groups excluding carboxylic acids is 2. The lowest BCUT2D eigenvalue weighted by molar-refractivity contribution is 0.0933. The predicted octanol–water partition coefficient (Wildman–Crippen LogP) is 4.88. The summed E-state index contributed by atoms with van der Waals surface area (Å²) < 4.78 is 0. The van der Waals surface area contributed by atoms with Gasteiger partial charge in [-0.3, -0.25) is 9.59 Å². The molecule has 3 nitrogen and oxygen atoms in total. The zero-order chi connectivity index (χ0) is 18.6. The monoisotopic (exact) mass is 373 g/mol. The first-order valence-electron chi connectivity index (χ1n) is 8.95. The van der Waals surface area contributed by atoms with E-state index in [-0.39, 0.29) is 17.7 Å². The van der Waals surface area contributed by atoms with Crippen molar-refractivity contribution in [2.75, 3.05) is 5.75 Å². The number of rotatable bonds is 4. The van der Waals surface area contributed by atoms with Crippen LogP contribution in [-0.4, -0.2) is 17.4 Å². The molecule has 1 aliphatic rings. The molecule has 1 atom stereocenters. The van der Waals surface area contributed by atoms with Gasteiger partial charge in [-0.2, -0.15) is 0 Å². The molecule has 1 unspecified atom stereocenters. The predicted molar refractivity (Wildman–Crippen MR) is 108 cm³/mol. The Morgan fingerprint density at radius 3 is 2.19 bits per heavy atom. The number of amides is 1. The van der Waals surface area contributed by atoms with Crippen molar-refractivity contribution in [3.8, 4) is 0 Å². The molecule has 27 heavy (non-hydrogen) atoms. The standard InChI is InChI=1S/C23H19NO2S/c25-22(16-6-2-1-3-7-16)17-10-12-18(13-11-17)23(26)24-20-14-15-27-21-9-5-4-8-19(20)21/h1-13,20H,14-15H2,(H,24,26). The van der Waals surface area contributed by atoms with Crippen molar-refractivity contribution in [1.29, 1.82) is 0 Å². The Kier molecular flexibility index (Phi) is 5.07. The van der Waals surface area contributed by atoms with Crippen molar-refractivity contribution >= 4 is 23.5 Å². The normalized spacial score (nSPS) is 15.6. The van der Waals surface area contributed by atoms with Crippen LogP contribution in [0.25, 0.3) is 0 Å². The third kappa shape index (κ3) is 3.81. The molecule has 4 heteroatoms. The smallest absolute Gasteiger partial charge is 0.251 e. The molecule has 0 fully saturated rings. The van der Waals surface area contributed by atoms with E-state index >= 15 is 0 Å². The van der Waals surface area contributed by atoms with Crippen LogP contribution in [0.3, 0.4) is 0 Å². The van der Waals surface area contributed by atoms with E-state index in [1.165, 1.54) is 10.5 Å². The highest BCUT2D eigenvalue weighted by molar-refractivity contribution is 7.99. The fourth-order valence-electron chi connectivity index (χ4n) is 3.26. The van der Waals surface area contributed by atoms with Crippen molar-refractivity contribution in [2.24, 2.45) is 0 Å². The van der Waals surface area contributed by atoms with E-state index < -0.39 is 0 Å². The summed E-state index contributed by atoms with van der Waals surface area (Å²) in [5, 5.41) is 3.13. The average molecular weight is 373 g/mol. The average Bonchev–Trinajstić information content (AvgIpc) is 2.74. The van der Waals surface area contributed by atoms with Crippen molar-refractivity contribution < 1.29 is 9.59 Å². The second kappa shape index (κ2) is 7.80. The zero-order valence-electron chi connectivity index (χ0n) is 14.7. The van der Waals surface area contributed by atoms with Gasteiger partial charge in [0.2, 0.25) is 0 Å². The van der Waals surface area contributed by atoms with Crippen molar-refractivity contribution in [3.63, 3.8) is 0 Å². The first-order chi connectivity index (χ1) is 13.2. The van der Waals surface area contributed by atoms with Crippen molar-refractivity contribution in [3.05, 3.63) is 101 Å². The van der Waals surface area contributed by atoms with Crippen LogP contribution >= 0.6 is 11.8 Å². The van der Waals surface area contributed by atoms with Crippen LogP contribution in [0.5, 0.6) is 0 Å². The van der Waals surface area contributed by atoms with E-state index in [1.807, 2.05) is 42.1 Å². The number of hydrogen-bond acceptors (Lipinski definition) is 3. The molecule has 3 aromatic rings. The highest BCUT2D eigenvalue weighted by Gasteiger charge is 2.22. The van der Waals surface area contributed by atoms with Crippen LogP contribution in [0.4, 0.5) is 0 Å². The van der Waals surface area contributed by atoms with Crippen molar-refractivity contribution in [1.82, 2.24) is 5.32 Å². The maximum Gasteiger partial charge on any atom is 0.251 e. The van der Waals surface area contributed by atoms with E-state index in [0.29, 0.717) is 16.7 Å². The third-order valence-corrected chi connectivity index (χ3v) is 5.83. The van der Waals surface area contributed by atoms with E-state index in [9.17, 15) is 9.59 Å². The van der Waals surface area contributed by atoms with E-state index in [4.69, 9.17) is 0 Å². The van der Waals surface area contributed by atoms with Crippen LogP contribution in [0.15, 0.2) is 83.8 Å².